The van der Waals surface area contributed by atoms with Crippen LogP contribution in [0.1, 0.15) is 51.1 Å². The molecule has 0 aliphatic carbocycles. The fourth-order valence-corrected chi connectivity index (χ4v) is 5.00. The summed E-state index contributed by atoms with van der Waals surface area (Å²) in [6.07, 6.45) is 8.28. The molecule has 1 N–H and O–H groups in total. The molecule has 25 heavy (non-hydrogen) atoms. The number of pyridine rings is 1. The van der Waals surface area contributed by atoms with Crippen LogP contribution in [0, 0.1) is 5.41 Å². The zero-order chi connectivity index (χ0) is 17.3. The third kappa shape index (κ3) is 3.20. The molecule has 3 aliphatic heterocycles. The van der Waals surface area contributed by atoms with Crippen molar-refractivity contribution >= 4 is 5.91 Å². The molecule has 3 aliphatic rings. The highest BCUT2D eigenvalue weighted by molar-refractivity contribution is 5.84. The van der Waals surface area contributed by atoms with Crippen LogP contribution in [0.25, 0.3) is 0 Å². The molecule has 0 saturated carbocycles. The number of rotatable bonds is 5. The van der Waals surface area contributed by atoms with Gasteiger partial charge in [-0.15, -0.1) is 0 Å². The van der Waals surface area contributed by atoms with Gasteiger partial charge in [0, 0.05) is 31.4 Å². The second kappa shape index (κ2) is 7.04. The van der Waals surface area contributed by atoms with E-state index >= 15 is 0 Å². The van der Waals surface area contributed by atoms with E-state index in [2.05, 4.69) is 22.1 Å². The summed E-state index contributed by atoms with van der Waals surface area (Å²) in [6.45, 7) is 4.39. The third-order valence-electron chi connectivity index (χ3n) is 6.50. The molecule has 4 rings (SSSR count). The van der Waals surface area contributed by atoms with Crippen LogP contribution in [0.3, 0.4) is 0 Å². The zero-order valence-electron chi connectivity index (χ0n) is 15.1. The van der Waals surface area contributed by atoms with Crippen molar-refractivity contribution in [3.8, 4) is 0 Å². The fraction of sp³-hybridized carbons (Fsp3) is 0.700. The van der Waals surface area contributed by atoms with Crippen LogP contribution in [0.2, 0.25) is 0 Å². The van der Waals surface area contributed by atoms with Crippen LogP contribution in [-0.2, 0) is 16.1 Å². The smallest absolute Gasteiger partial charge is 0.230 e. The Balaban J connectivity index is 1.30. The minimum absolute atomic E-state index is 0.148. The van der Waals surface area contributed by atoms with E-state index in [4.69, 9.17) is 4.74 Å². The number of fused-ring (bicyclic) bond motifs is 2. The van der Waals surface area contributed by atoms with Gasteiger partial charge in [-0.3, -0.25) is 9.78 Å². The fourth-order valence-electron chi connectivity index (χ4n) is 5.00. The average molecular weight is 343 g/mol. The van der Waals surface area contributed by atoms with E-state index in [1.807, 2.05) is 18.2 Å². The molecule has 0 aromatic carbocycles. The van der Waals surface area contributed by atoms with Crippen molar-refractivity contribution < 1.29 is 9.53 Å². The predicted octanol–water partition coefficient (Wildman–Crippen LogP) is 2.51. The monoisotopic (exact) mass is 343 g/mol. The second-order valence-electron chi connectivity index (χ2n) is 7.83. The number of piperidine rings is 1. The molecule has 0 spiro atoms. The van der Waals surface area contributed by atoms with Crippen LogP contribution in [0.4, 0.5) is 0 Å². The number of hydrogen-bond donors (Lipinski definition) is 1. The van der Waals surface area contributed by atoms with E-state index in [0.29, 0.717) is 24.6 Å². The SMILES string of the molecule is CC[C@@]1(C(=O)N2CCC(OCc3ccccn3)CC2)C[C@@H]2CC[C@H]1N2. The van der Waals surface area contributed by atoms with Gasteiger partial charge < -0.3 is 15.0 Å². The molecule has 0 unspecified atom stereocenters. The van der Waals surface area contributed by atoms with Crippen molar-refractivity contribution in [2.24, 2.45) is 5.41 Å². The van der Waals surface area contributed by atoms with E-state index in [9.17, 15) is 4.79 Å². The third-order valence-corrected chi connectivity index (χ3v) is 6.50. The second-order valence-corrected chi connectivity index (χ2v) is 7.83. The largest absolute Gasteiger partial charge is 0.372 e. The zero-order valence-corrected chi connectivity index (χ0v) is 15.1. The van der Waals surface area contributed by atoms with Crippen molar-refractivity contribution in [1.82, 2.24) is 15.2 Å². The Bertz CT molecular complexity index is 600. The van der Waals surface area contributed by atoms with Crippen molar-refractivity contribution in [3.05, 3.63) is 30.1 Å². The van der Waals surface area contributed by atoms with Crippen LogP contribution in [-0.4, -0.2) is 47.1 Å². The minimum Gasteiger partial charge on any atom is -0.372 e. The Labute approximate surface area is 150 Å². The lowest BCUT2D eigenvalue weighted by Gasteiger charge is -2.41. The molecule has 3 saturated heterocycles. The number of hydrogen-bond acceptors (Lipinski definition) is 4. The van der Waals surface area contributed by atoms with Gasteiger partial charge in [0.25, 0.3) is 0 Å². The lowest BCUT2D eigenvalue weighted by Crippen LogP contribution is -2.52. The summed E-state index contributed by atoms with van der Waals surface area (Å²) in [7, 11) is 0. The Morgan fingerprint density at radius 1 is 1.32 bits per heavy atom. The van der Waals surface area contributed by atoms with Crippen LogP contribution >= 0.6 is 0 Å². The first-order valence-electron chi connectivity index (χ1n) is 9.78. The first-order valence-corrected chi connectivity index (χ1v) is 9.78. The highest BCUT2D eigenvalue weighted by Crippen LogP contribution is 2.47. The van der Waals surface area contributed by atoms with Gasteiger partial charge in [-0.25, -0.2) is 0 Å². The highest BCUT2D eigenvalue weighted by atomic mass is 16.5. The van der Waals surface area contributed by atoms with Crippen molar-refractivity contribution in [2.75, 3.05) is 13.1 Å². The molecular weight excluding hydrogens is 314 g/mol. The molecule has 0 radical (unpaired) electrons. The molecule has 5 heteroatoms. The maximum atomic E-state index is 13.3. The molecule has 136 valence electrons. The summed E-state index contributed by atoms with van der Waals surface area (Å²) in [5.74, 6) is 0.387. The molecule has 3 fully saturated rings. The van der Waals surface area contributed by atoms with E-state index < -0.39 is 0 Å². The van der Waals surface area contributed by atoms with Gasteiger partial charge in [0.1, 0.15) is 0 Å². The van der Waals surface area contributed by atoms with E-state index in [1.54, 1.807) is 6.20 Å². The lowest BCUT2D eigenvalue weighted by atomic mass is 9.70. The first-order chi connectivity index (χ1) is 12.2. The number of ether oxygens (including phenoxy) is 1. The Morgan fingerprint density at radius 3 is 2.76 bits per heavy atom. The maximum Gasteiger partial charge on any atom is 0.230 e. The molecule has 5 nitrogen and oxygen atoms in total. The Kier molecular flexibility index (Phi) is 4.78. The van der Waals surface area contributed by atoms with Crippen molar-refractivity contribution in [3.63, 3.8) is 0 Å². The van der Waals surface area contributed by atoms with Crippen LogP contribution in [0.15, 0.2) is 24.4 Å². The molecule has 1 aromatic heterocycles. The average Bonchev–Trinajstić information content (AvgIpc) is 3.29. The molecule has 1 aromatic rings. The van der Waals surface area contributed by atoms with Crippen molar-refractivity contribution in [2.45, 2.75) is 70.2 Å². The van der Waals surface area contributed by atoms with Gasteiger partial charge in [-0.05, 0) is 50.7 Å². The summed E-state index contributed by atoms with van der Waals surface area (Å²) in [5.41, 5.74) is 0.823. The van der Waals surface area contributed by atoms with Gasteiger partial charge in [-0.1, -0.05) is 13.0 Å². The van der Waals surface area contributed by atoms with Gasteiger partial charge in [0.2, 0.25) is 5.91 Å². The topological polar surface area (TPSA) is 54.5 Å². The summed E-state index contributed by atoms with van der Waals surface area (Å²) in [4.78, 5) is 19.7. The number of amides is 1. The Hall–Kier alpha value is -1.46. The van der Waals surface area contributed by atoms with E-state index in [-0.39, 0.29) is 11.5 Å². The van der Waals surface area contributed by atoms with Gasteiger partial charge >= 0.3 is 0 Å². The van der Waals surface area contributed by atoms with Crippen molar-refractivity contribution in [1.29, 1.82) is 0 Å². The van der Waals surface area contributed by atoms with Gasteiger partial charge in [0.05, 0.1) is 23.8 Å². The van der Waals surface area contributed by atoms with Crippen LogP contribution < -0.4 is 5.32 Å². The van der Waals surface area contributed by atoms with E-state index in [0.717, 1.165) is 50.9 Å². The minimum atomic E-state index is -0.148. The van der Waals surface area contributed by atoms with Crippen LogP contribution in [0.5, 0.6) is 0 Å². The predicted molar refractivity (Wildman–Crippen MR) is 95.9 cm³/mol. The molecule has 2 bridgehead atoms. The standard InChI is InChI=1S/C20H29N3O2/c1-2-20(13-15-6-7-18(20)22-15)19(24)23-11-8-17(9-12-23)25-14-16-5-3-4-10-21-16/h3-5,10,15,17-18,22H,2,6-9,11-14H2,1H3/t15-,18+,20+/m0/s1. The number of carbonyl (C=O) groups excluding carboxylic acids is 1. The molecule has 3 atom stereocenters. The number of nitrogens with zero attached hydrogens (tertiary/aromatic N) is 2. The Morgan fingerprint density at radius 2 is 2.16 bits per heavy atom. The number of aromatic nitrogens is 1. The molecular formula is C20H29N3O2. The van der Waals surface area contributed by atoms with E-state index in [1.165, 1.54) is 6.42 Å². The van der Waals surface area contributed by atoms with Gasteiger partial charge in [-0.2, -0.15) is 0 Å². The quantitative estimate of drug-likeness (QED) is 0.892. The molecule has 1 amide bonds. The number of likely N-dealkylation sites (tertiary alicyclic amines) is 1. The number of nitrogens with one attached hydrogen (secondary N) is 1. The highest BCUT2D eigenvalue weighted by Gasteiger charge is 2.55. The maximum absolute atomic E-state index is 13.3. The lowest BCUT2D eigenvalue weighted by molar-refractivity contribution is -0.146. The molecule has 4 heterocycles. The number of carbonyl (C=O) groups is 1. The summed E-state index contributed by atoms with van der Waals surface area (Å²) in [6, 6.07) is 6.86. The summed E-state index contributed by atoms with van der Waals surface area (Å²) in [5, 5.41) is 3.66. The normalized spacial score (nSPS) is 32.3. The first kappa shape index (κ1) is 17.0. The van der Waals surface area contributed by atoms with Gasteiger partial charge in [0.15, 0.2) is 0 Å². The summed E-state index contributed by atoms with van der Waals surface area (Å²) < 4.78 is 6.01. The summed E-state index contributed by atoms with van der Waals surface area (Å²) >= 11 is 0.